The predicted octanol–water partition coefficient (Wildman–Crippen LogP) is 2.46. The zero-order valence-corrected chi connectivity index (χ0v) is 7.59. The summed E-state index contributed by atoms with van der Waals surface area (Å²) in [6, 6.07) is 4.01. The quantitative estimate of drug-likeness (QED) is 0.738. The van der Waals surface area contributed by atoms with E-state index in [2.05, 4.69) is 23.8 Å². The Balaban J connectivity index is 3.03. The van der Waals surface area contributed by atoms with Gasteiger partial charge in [-0.05, 0) is 26.0 Å². The van der Waals surface area contributed by atoms with Crippen LogP contribution >= 0.6 is 0 Å². The minimum Gasteiger partial charge on any atom is -0.370 e. The van der Waals surface area contributed by atoms with Crippen molar-refractivity contribution in [3.05, 3.63) is 30.0 Å². The minimum absolute atomic E-state index is 0.886. The molecule has 0 aliphatic carbocycles. The lowest BCUT2D eigenvalue weighted by Gasteiger charge is -2.06. The molecular formula is C10H14N2. The van der Waals surface area contributed by atoms with Gasteiger partial charge in [-0.1, -0.05) is 12.7 Å². The maximum absolute atomic E-state index is 4.35. The van der Waals surface area contributed by atoms with Gasteiger partial charge in [-0.3, -0.25) is 0 Å². The highest BCUT2D eigenvalue weighted by Gasteiger charge is 1.98. The molecule has 1 heterocycles. The molecule has 0 aromatic carbocycles. The molecule has 0 aliphatic rings. The van der Waals surface area contributed by atoms with Crippen molar-refractivity contribution >= 4 is 11.9 Å². The van der Waals surface area contributed by atoms with E-state index in [1.165, 1.54) is 0 Å². The Morgan fingerprint density at radius 1 is 1.58 bits per heavy atom. The highest BCUT2D eigenvalue weighted by atomic mass is 15.0. The van der Waals surface area contributed by atoms with Gasteiger partial charge in [0.05, 0.1) is 0 Å². The topological polar surface area (TPSA) is 24.9 Å². The first kappa shape index (κ1) is 8.78. The molecule has 12 heavy (non-hydrogen) atoms. The van der Waals surface area contributed by atoms with Gasteiger partial charge in [-0.15, -0.1) is 0 Å². The van der Waals surface area contributed by atoms with Crippen LogP contribution in [0.1, 0.15) is 18.2 Å². The van der Waals surface area contributed by atoms with Gasteiger partial charge < -0.3 is 5.32 Å². The molecule has 1 aromatic rings. The second-order valence-corrected chi connectivity index (χ2v) is 2.62. The molecule has 0 spiro atoms. The van der Waals surface area contributed by atoms with Crippen molar-refractivity contribution in [3.63, 3.8) is 0 Å². The summed E-state index contributed by atoms with van der Waals surface area (Å²) in [7, 11) is 0. The van der Waals surface area contributed by atoms with Crippen LogP contribution in [0.15, 0.2) is 18.7 Å². The van der Waals surface area contributed by atoms with Crippen molar-refractivity contribution in [2.45, 2.75) is 13.8 Å². The fraction of sp³-hybridized carbons (Fsp3) is 0.300. The van der Waals surface area contributed by atoms with Crippen molar-refractivity contribution in [3.8, 4) is 0 Å². The van der Waals surface area contributed by atoms with E-state index in [1.807, 2.05) is 25.1 Å². The number of hydrogen-bond acceptors (Lipinski definition) is 2. The summed E-state index contributed by atoms with van der Waals surface area (Å²) in [4.78, 5) is 4.35. The van der Waals surface area contributed by atoms with Crippen molar-refractivity contribution in [2.75, 3.05) is 11.9 Å². The number of pyridine rings is 1. The molecule has 0 fully saturated rings. The first-order valence-electron chi connectivity index (χ1n) is 4.12. The SMILES string of the molecule is C=Cc1ccc(C)nc1NCC. The summed E-state index contributed by atoms with van der Waals surface area (Å²) in [5.74, 6) is 0.924. The van der Waals surface area contributed by atoms with Crippen LogP contribution in [0.2, 0.25) is 0 Å². The van der Waals surface area contributed by atoms with E-state index >= 15 is 0 Å². The van der Waals surface area contributed by atoms with E-state index in [0.717, 1.165) is 23.6 Å². The van der Waals surface area contributed by atoms with E-state index in [4.69, 9.17) is 0 Å². The average Bonchev–Trinajstić information content (AvgIpc) is 2.05. The molecule has 0 amide bonds. The van der Waals surface area contributed by atoms with Crippen LogP contribution in [0.3, 0.4) is 0 Å². The van der Waals surface area contributed by atoms with Gasteiger partial charge in [0, 0.05) is 17.8 Å². The molecule has 0 bridgehead atoms. The lowest BCUT2D eigenvalue weighted by atomic mass is 10.2. The molecule has 0 atom stereocenters. The highest BCUT2D eigenvalue weighted by molar-refractivity contribution is 5.61. The predicted molar refractivity (Wildman–Crippen MR) is 53.2 cm³/mol. The lowest BCUT2D eigenvalue weighted by molar-refractivity contribution is 1.12. The summed E-state index contributed by atoms with van der Waals surface area (Å²) in [5, 5.41) is 3.19. The number of hydrogen-bond donors (Lipinski definition) is 1. The van der Waals surface area contributed by atoms with E-state index < -0.39 is 0 Å². The molecule has 0 radical (unpaired) electrons. The van der Waals surface area contributed by atoms with Crippen LogP contribution < -0.4 is 5.32 Å². The van der Waals surface area contributed by atoms with E-state index in [9.17, 15) is 0 Å². The van der Waals surface area contributed by atoms with Gasteiger partial charge in [0.2, 0.25) is 0 Å². The zero-order chi connectivity index (χ0) is 8.97. The summed E-state index contributed by atoms with van der Waals surface area (Å²) in [6.07, 6.45) is 1.81. The zero-order valence-electron chi connectivity index (χ0n) is 7.59. The maximum atomic E-state index is 4.35. The molecule has 0 saturated carbocycles. The highest BCUT2D eigenvalue weighted by Crippen LogP contribution is 2.13. The van der Waals surface area contributed by atoms with Crippen molar-refractivity contribution in [1.29, 1.82) is 0 Å². The van der Waals surface area contributed by atoms with Crippen LogP contribution in [-0.4, -0.2) is 11.5 Å². The number of aromatic nitrogens is 1. The molecule has 2 nitrogen and oxygen atoms in total. The van der Waals surface area contributed by atoms with Gasteiger partial charge in [-0.25, -0.2) is 4.98 Å². The van der Waals surface area contributed by atoms with Gasteiger partial charge >= 0.3 is 0 Å². The van der Waals surface area contributed by atoms with Crippen molar-refractivity contribution in [2.24, 2.45) is 0 Å². The maximum Gasteiger partial charge on any atom is 0.133 e. The molecule has 1 rings (SSSR count). The first-order chi connectivity index (χ1) is 5.77. The summed E-state index contributed by atoms with van der Waals surface area (Å²) < 4.78 is 0. The van der Waals surface area contributed by atoms with Crippen LogP contribution in [-0.2, 0) is 0 Å². The summed E-state index contributed by atoms with van der Waals surface area (Å²) >= 11 is 0. The Hall–Kier alpha value is -1.31. The third kappa shape index (κ3) is 1.84. The Labute approximate surface area is 73.3 Å². The average molecular weight is 162 g/mol. The fourth-order valence-electron chi connectivity index (χ4n) is 1.04. The Bertz CT molecular complexity index is 279. The number of nitrogens with one attached hydrogen (secondary N) is 1. The monoisotopic (exact) mass is 162 g/mol. The fourth-order valence-corrected chi connectivity index (χ4v) is 1.04. The second-order valence-electron chi connectivity index (χ2n) is 2.62. The largest absolute Gasteiger partial charge is 0.370 e. The number of nitrogens with zero attached hydrogens (tertiary/aromatic N) is 1. The number of aryl methyl sites for hydroxylation is 1. The summed E-state index contributed by atoms with van der Waals surface area (Å²) in [5.41, 5.74) is 2.08. The van der Waals surface area contributed by atoms with Crippen LogP contribution in [0, 0.1) is 6.92 Å². The minimum atomic E-state index is 0.886. The number of anilines is 1. The van der Waals surface area contributed by atoms with Gasteiger partial charge in [0.15, 0.2) is 0 Å². The molecule has 64 valence electrons. The molecule has 2 heteroatoms. The van der Waals surface area contributed by atoms with Crippen molar-refractivity contribution in [1.82, 2.24) is 4.98 Å². The first-order valence-corrected chi connectivity index (χ1v) is 4.12. The third-order valence-electron chi connectivity index (χ3n) is 1.63. The van der Waals surface area contributed by atoms with Crippen molar-refractivity contribution < 1.29 is 0 Å². The van der Waals surface area contributed by atoms with E-state index in [0.29, 0.717) is 0 Å². The molecular weight excluding hydrogens is 148 g/mol. The standard InChI is InChI=1S/C10H14N2/c1-4-9-7-6-8(3)12-10(9)11-5-2/h4,6-7H,1,5H2,2-3H3,(H,11,12). The van der Waals surface area contributed by atoms with E-state index in [-0.39, 0.29) is 0 Å². The Morgan fingerprint density at radius 3 is 2.92 bits per heavy atom. The van der Waals surface area contributed by atoms with Crippen LogP contribution in [0.25, 0.3) is 6.08 Å². The molecule has 0 saturated heterocycles. The molecule has 0 unspecified atom stereocenters. The second kappa shape index (κ2) is 3.90. The summed E-state index contributed by atoms with van der Waals surface area (Å²) in [6.45, 7) is 8.64. The molecule has 1 aromatic heterocycles. The third-order valence-corrected chi connectivity index (χ3v) is 1.63. The van der Waals surface area contributed by atoms with Crippen LogP contribution in [0.5, 0.6) is 0 Å². The Morgan fingerprint density at radius 2 is 2.33 bits per heavy atom. The number of rotatable bonds is 3. The molecule has 1 N–H and O–H groups in total. The van der Waals surface area contributed by atoms with Crippen LogP contribution in [0.4, 0.5) is 5.82 Å². The Kier molecular flexibility index (Phi) is 2.86. The van der Waals surface area contributed by atoms with Gasteiger partial charge in [0.25, 0.3) is 0 Å². The lowest BCUT2D eigenvalue weighted by Crippen LogP contribution is -2.01. The smallest absolute Gasteiger partial charge is 0.133 e. The molecule has 0 aliphatic heterocycles. The van der Waals surface area contributed by atoms with Gasteiger partial charge in [0.1, 0.15) is 5.82 Å². The normalized spacial score (nSPS) is 9.50. The van der Waals surface area contributed by atoms with E-state index in [1.54, 1.807) is 0 Å². The van der Waals surface area contributed by atoms with Gasteiger partial charge in [-0.2, -0.15) is 0 Å².